The Balaban J connectivity index is 0. The largest absolute Gasteiger partial charge is 0.544 e. The standard InChI is InChI=1S/2C5H4O2S.2C2H7N/c2*6-5(7)4-2-1-3-8-4;2*1-2-3/h2*1-3H,(H,6,7);2*2-3H2,1H3. The number of quaternary nitrogens is 2. The van der Waals surface area contributed by atoms with Gasteiger partial charge in [0.1, 0.15) is 0 Å². The fourth-order valence-electron chi connectivity index (χ4n) is 0.789. The molecule has 22 heavy (non-hydrogen) atoms. The zero-order valence-corrected chi connectivity index (χ0v) is 14.4. The lowest BCUT2D eigenvalue weighted by Gasteiger charge is -1.91. The van der Waals surface area contributed by atoms with Crippen LogP contribution in [-0.4, -0.2) is 25.0 Å². The first-order chi connectivity index (χ1) is 10.4. The van der Waals surface area contributed by atoms with Crippen LogP contribution in [0, 0.1) is 0 Å². The van der Waals surface area contributed by atoms with Crippen LogP contribution >= 0.6 is 22.7 Å². The van der Waals surface area contributed by atoms with E-state index in [1.165, 1.54) is 34.8 Å². The summed E-state index contributed by atoms with van der Waals surface area (Å²) in [5, 5.41) is 23.3. The van der Waals surface area contributed by atoms with Crippen molar-refractivity contribution in [3.8, 4) is 0 Å². The monoisotopic (exact) mass is 346 g/mol. The van der Waals surface area contributed by atoms with Crippen LogP contribution in [-0.2, 0) is 0 Å². The molecule has 0 fully saturated rings. The third-order valence-electron chi connectivity index (χ3n) is 1.44. The van der Waals surface area contributed by atoms with Gasteiger partial charge in [-0.25, -0.2) is 0 Å². The molecule has 2 aromatic rings. The van der Waals surface area contributed by atoms with Crippen LogP contribution in [0.2, 0.25) is 0 Å². The molecule has 0 aliphatic heterocycles. The lowest BCUT2D eigenvalue weighted by atomic mass is 10.5. The third-order valence-corrected chi connectivity index (χ3v) is 3.14. The number of carboxylic acid groups (broad SMARTS) is 2. The van der Waals surface area contributed by atoms with Gasteiger partial charge in [0.25, 0.3) is 0 Å². The van der Waals surface area contributed by atoms with Crippen LogP contribution in [0.1, 0.15) is 33.2 Å². The fourth-order valence-corrected chi connectivity index (χ4v) is 1.90. The van der Waals surface area contributed by atoms with E-state index in [1.807, 2.05) is 13.8 Å². The second-order valence-corrected chi connectivity index (χ2v) is 5.42. The van der Waals surface area contributed by atoms with E-state index in [2.05, 4.69) is 11.5 Å². The average molecular weight is 346 g/mol. The Morgan fingerprint density at radius 2 is 1.18 bits per heavy atom. The van der Waals surface area contributed by atoms with Crippen LogP contribution in [0.5, 0.6) is 0 Å². The van der Waals surface area contributed by atoms with Crippen molar-refractivity contribution in [3.05, 3.63) is 44.8 Å². The minimum absolute atomic E-state index is 0.282. The summed E-state index contributed by atoms with van der Waals surface area (Å²) in [5.41, 5.74) is 6.97. The average Bonchev–Trinajstić information content (AvgIpc) is 3.15. The van der Waals surface area contributed by atoms with Gasteiger partial charge in [0.15, 0.2) is 0 Å². The highest BCUT2D eigenvalue weighted by Gasteiger charge is 1.89. The Morgan fingerprint density at radius 3 is 1.27 bits per heavy atom. The van der Waals surface area contributed by atoms with E-state index in [0.717, 1.165) is 13.1 Å². The second-order valence-electron chi connectivity index (χ2n) is 3.53. The van der Waals surface area contributed by atoms with Crippen molar-refractivity contribution >= 4 is 34.6 Å². The van der Waals surface area contributed by atoms with Gasteiger partial charge in [0, 0.05) is 9.75 Å². The van der Waals surface area contributed by atoms with Crippen molar-refractivity contribution in [3.63, 3.8) is 0 Å². The van der Waals surface area contributed by atoms with Crippen LogP contribution in [0.3, 0.4) is 0 Å². The highest BCUT2D eigenvalue weighted by atomic mass is 32.1. The smallest absolute Gasteiger partial charge is 0.0815 e. The second kappa shape index (κ2) is 15.6. The Hall–Kier alpha value is -1.74. The molecular weight excluding hydrogens is 324 g/mol. The van der Waals surface area contributed by atoms with Gasteiger partial charge in [-0.1, -0.05) is 12.1 Å². The molecule has 2 aromatic heterocycles. The van der Waals surface area contributed by atoms with E-state index >= 15 is 0 Å². The quantitative estimate of drug-likeness (QED) is 0.700. The first-order valence-corrected chi connectivity index (χ1v) is 8.28. The zero-order valence-electron chi connectivity index (χ0n) is 12.7. The first kappa shape index (κ1) is 22.5. The van der Waals surface area contributed by atoms with Gasteiger partial charge in [-0.3, -0.25) is 0 Å². The lowest BCUT2D eigenvalue weighted by Crippen LogP contribution is -2.48. The van der Waals surface area contributed by atoms with Gasteiger partial charge in [-0.05, 0) is 36.7 Å². The number of rotatable bonds is 2. The lowest BCUT2D eigenvalue weighted by molar-refractivity contribution is -0.362. The maximum absolute atomic E-state index is 9.96. The SMILES string of the molecule is CC[NH3+].CC[NH3+].O=C([O-])c1cccs1.O=C([O-])c1cccs1. The molecule has 0 saturated heterocycles. The summed E-state index contributed by atoms with van der Waals surface area (Å²) < 4.78 is 0. The number of carbonyl (C=O) groups excluding carboxylic acids is 2. The van der Waals surface area contributed by atoms with Gasteiger partial charge < -0.3 is 31.3 Å². The summed E-state index contributed by atoms with van der Waals surface area (Å²) in [6.07, 6.45) is 0. The number of thiophene rings is 2. The topological polar surface area (TPSA) is 136 Å². The summed E-state index contributed by atoms with van der Waals surface area (Å²) in [6.45, 7) is 6.03. The highest BCUT2D eigenvalue weighted by Crippen LogP contribution is 2.05. The molecule has 0 atom stereocenters. The van der Waals surface area contributed by atoms with Crippen LogP contribution in [0.4, 0.5) is 0 Å². The molecule has 2 heterocycles. The zero-order chi connectivity index (χ0) is 17.4. The predicted molar refractivity (Wildman–Crippen MR) is 84.2 cm³/mol. The van der Waals surface area contributed by atoms with Crippen molar-refractivity contribution in [1.82, 2.24) is 0 Å². The molecule has 0 aromatic carbocycles. The molecule has 6 N–H and O–H groups in total. The van der Waals surface area contributed by atoms with Crippen molar-refractivity contribution in [2.75, 3.05) is 13.1 Å². The minimum Gasteiger partial charge on any atom is -0.544 e. The van der Waals surface area contributed by atoms with Gasteiger partial charge in [0.05, 0.1) is 25.0 Å². The van der Waals surface area contributed by atoms with Gasteiger partial charge >= 0.3 is 0 Å². The molecule has 2 rings (SSSR count). The minimum atomic E-state index is -1.10. The molecule has 0 aliphatic carbocycles. The van der Waals surface area contributed by atoms with Gasteiger partial charge in [-0.15, -0.1) is 22.7 Å². The Bertz CT molecular complexity index is 439. The molecule has 0 unspecified atom stereocenters. The molecule has 0 spiro atoms. The summed E-state index contributed by atoms with van der Waals surface area (Å²) in [6, 6.07) is 6.38. The molecule has 124 valence electrons. The molecule has 0 aliphatic rings. The van der Waals surface area contributed by atoms with Crippen molar-refractivity contribution < 1.29 is 31.3 Å². The Morgan fingerprint density at radius 1 is 0.909 bits per heavy atom. The third kappa shape index (κ3) is 13.3. The number of carboxylic acids is 2. The number of hydrogen-bond donors (Lipinski definition) is 2. The Kier molecular flexibility index (Phi) is 16.0. The molecule has 8 heteroatoms. The van der Waals surface area contributed by atoms with E-state index < -0.39 is 11.9 Å². The predicted octanol–water partition coefficient (Wildman–Crippen LogP) is -1.28. The fraction of sp³-hybridized carbons (Fsp3) is 0.286. The van der Waals surface area contributed by atoms with Crippen LogP contribution in [0.15, 0.2) is 35.0 Å². The molecule has 0 bridgehead atoms. The summed E-state index contributed by atoms with van der Waals surface area (Å²) in [7, 11) is 0. The van der Waals surface area contributed by atoms with Crippen molar-refractivity contribution in [2.45, 2.75) is 13.8 Å². The summed E-state index contributed by atoms with van der Waals surface area (Å²) in [4.78, 5) is 20.5. The Labute approximate surface area is 138 Å². The maximum Gasteiger partial charge on any atom is 0.0815 e. The van der Waals surface area contributed by atoms with Crippen LogP contribution < -0.4 is 21.7 Å². The van der Waals surface area contributed by atoms with E-state index in [1.54, 1.807) is 22.9 Å². The summed E-state index contributed by atoms with van der Waals surface area (Å²) >= 11 is 2.34. The van der Waals surface area contributed by atoms with Crippen molar-refractivity contribution in [2.24, 2.45) is 0 Å². The van der Waals surface area contributed by atoms with E-state index in [9.17, 15) is 19.8 Å². The van der Waals surface area contributed by atoms with E-state index in [4.69, 9.17) is 0 Å². The maximum atomic E-state index is 9.96. The molecule has 6 nitrogen and oxygen atoms in total. The normalized spacial score (nSPS) is 8.18. The molecule has 0 radical (unpaired) electrons. The molecule has 0 saturated carbocycles. The number of hydrogen-bond acceptors (Lipinski definition) is 6. The summed E-state index contributed by atoms with van der Waals surface area (Å²) in [5.74, 6) is -2.19. The molecule has 0 amide bonds. The van der Waals surface area contributed by atoms with Crippen LogP contribution in [0.25, 0.3) is 0 Å². The molecular formula is C14H22N2O4S2. The number of carbonyl (C=O) groups is 2. The van der Waals surface area contributed by atoms with E-state index in [-0.39, 0.29) is 9.75 Å². The highest BCUT2D eigenvalue weighted by molar-refractivity contribution is 7.12. The van der Waals surface area contributed by atoms with Gasteiger partial charge in [0.2, 0.25) is 0 Å². The number of aromatic carboxylic acids is 2. The van der Waals surface area contributed by atoms with Crippen molar-refractivity contribution in [1.29, 1.82) is 0 Å². The van der Waals surface area contributed by atoms with Gasteiger partial charge in [-0.2, -0.15) is 0 Å². The van der Waals surface area contributed by atoms with E-state index in [0.29, 0.717) is 0 Å². The first-order valence-electron chi connectivity index (χ1n) is 6.52.